The molecule has 13 rings (SSSR count). The van der Waals surface area contributed by atoms with Crippen molar-refractivity contribution < 1.29 is 26.3 Å². The predicted molar refractivity (Wildman–Crippen MR) is 275 cm³/mol. The van der Waals surface area contributed by atoms with Crippen LogP contribution in [0.1, 0.15) is 33.4 Å². The Labute approximate surface area is 404 Å². The van der Waals surface area contributed by atoms with Crippen LogP contribution in [0.5, 0.6) is 0 Å². The molecule has 2 aliphatic rings. The lowest BCUT2D eigenvalue weighted by molar-refractivity contribution is -0.137. The van der Waals surface area contributed by atoms with Crippen LogP contribution in [0.4, 0.5) is 60.5 Å². The van der Waals surface area contributed by atoms with Gasteiger partial charge >= 0.3 is 12.4 Å². The third-order valence-electron chi connectivity index (χ3n) is 14.5. The highest BCUT2D eigenvalue weighted by molar-refractivity contribution is 6.14. The average molecular weight is 937 g/mol. The molecule has 0 radical (unpaired) electrons. The van der Waals surface area contributed by atoms with Gasteiger partial charge in [0.05, 0.1) is 45.0 Å². The topological polar surface area (TPSA) is 6.48 Å². The molecule has 0 N–H and O–H groups in total. The molecule has 0 heterocycles. The Morgan fingerprint density at radius 2 is 0.732 bits per heavy atom. The van der Waals surface area contributed by atoms with Gasteiger partial charge in [-0.05, 0) is 115 Å². The van der Waals surface area contributed by atoms with Crippen molar-refractivity contribution in [1.29, 1.82) is 0 Å². The summed E-state index contributed by atoms with van der Waals surface area (Å²) in [5, 5.41) is 4.80. The van der Waals surface area contributed by atoms with E-state index in [1.807, 2.05) is 152 Å². The molecule has 71 heavy (non-hydrogen) atoms. The first-order valence-electron chi connectivity index (χ1n) is 23.3. The molecule has 0 atom stereocenters. The maximum absolute atomic E-state index is 15.5. The van der Waals surface area contributed by atoms with Gasteiger partial charge < -0.3 is 9.80 Å². The Morgan fingerprint density at radius 1 is 0.296 bits per heavy atom. The average Bonchev–Trinajstić information content (AvgIpc) is 3.86. The van der Waals surface area contributed by atoms with Crippen LogP contribution in [0.25, 0.3) is 54.6 Å². The Balaban J connectivity index is 1.17. The highest BCUT2D eigenvalue weighted by Gasteiger charge is 2.53. The van der Waals surface area contributed by atoms with Gasteiger partial charge in [-0.15, -0.1) is 0 Å². The molecular formula is C63H38F6N2. The Bertz CT molecular complexity index is 3910. The van der Waals surface area contributed by atoms with Crippen molar-refractivity contribution in [2.24, 2.45) is 0 Å². The van der Waals surface area contributed by atoms with Crippen LogP contribution in [-0.2, 0) is 17.8 Å². The smallest absolute Gasteiger partial charge is 0.309 e. The monoisotopic (exact) mass is 936 g/mol. The number of benzene rings is 11. The number of alkyl halides is 6. The van der Waals surface area contributed by atoms with Crippen molar-refractivity contribution in [3.05, 3.63) is 264 Å². The lowest BCUT2D eigenvalue weighted by Gasteiger charge is -2.34. The first-order chi connectivity index (χ1) is 34.5. The van der Waals surface area contributed by atoms with Gasteiger partial charge in [0.1, 0.15) is 0 Å². The van der Waals surface area contributed by atoms with E-state index >= 15 is 26.3 Å². The fourth-order valence-corrected chi connectivity index (χ4v) is 11.7. The first kappa shape index (κ1) is 42.5. The van der Waals surface area contributed by atoms with Gasteiger partial charge in [-0.3, -0.25) is 0 Å². The van der Waals surface area contributed by atoms with E-state index < -0.39 is 28.9 Å². The maximum atomic E-state index is 15.5. The SMILES string of the molecule is FC(F)(F)c1ccccc1N(c1ccc2c(c1)C1(c3ccccc3-c3ccccc31)c1cc(N(c3ccccc3C(F)(F)F)c3cccc4ccccc34)c3ccccc3c1-2)c1cccc2ccccc12. The minimum atomic E-state index is -4.70. The predicted octanol–water partition coefficient (Wildman–Crippen LogP) is 18.5. The van der Waals surface area contributed by atoms with Crippen LogP contribution in [0.3, 0.4) is 0 Å². The molecule has 0 saturated heterocycles. The number of nitrogens with zero attached hydrogens (tertiary/aromatic N) is 2. The van der Waals surface area contributed by atoms with E-state index in [1.165, 1.54) is 24.3 Å². The van der Waals surface area contributed by atoms with Gasteiger partial charge in [-0.2, -0.15) is 26.3 Å². The molecule has 8 heteroatoms. The van der Waals surface area contributed by atoms with Crippen molar-refractivity contribution in [1.82, 2.24) is 0 Å². The second-order valence-corrected chi connectivity index (χ2v) is 18.1. The summed E-state index contributed by atoms with van der Waals surface area (Å²) in [5.74, 6) is 0. The fourth-order valence-electron chi connectivity index (χ4n) is 11.7. The van der Waals surface area contributed by atoms with Gasteiger partial charge in [0.2, 0.25) is 0 Å². The standard InChI is InChI=1S/C63H38F6N2/c64-62(65,66)51-29-11-13-31-57(51)70(55-33-15-19-39-17-1-3-21-42(39)55)41-35-36-48-53(37-41)61(49-27-9-7-23-44(49)45-24-8-10-28-50(45)61)54-38-59(46-25-5-6-26-47(46)60(48)54)71(58-32-14-12-30-52(58)63(67,68)69)56-34-16-20-40-18-2-4-22-43(40)56/h1-38H. The molecule has 0 bridgehead atoms. The van der Waals surface area contributed by atoms with E-state index in [-0.39, 0.29) is 11.4 Å². The molecule has 0 amide bonds. The van der Waals surface area contributed by atoms with E-state index in [9.17, 15) is 0 Å². The summed E-state index contributed by atoms with van der Waals surface area (Å²) in [6.45, 7) is 0. The summed E-state index contributed by atoms with van der Waals surface area (Å²) in [6.07, 6.45) is -9.39. The van der Waals surface area contributed by atoms with E-state index in [0.29, 0.717) is 22.7 Å². The molecule has 0 saturated carbocycles. The fraction of sp³-hybridized carbons (Fsp3) is 0.0476. The van der Waals surface area contributed by atoms with Gasteiger partial charge in [-0.25, -0.2) is 0 Å². The number of hydrogen-bond donors (Lipinski definition) is 0. The van der Waals surface area contributed by atoms with E-state index in [2.05, 4.69) is 30.3 Å². The van der Waals surface area contributed by atoms with Crippen molar-refractivity contribution in [3.8, 4) is 22.3 Å². The van der Waals surface area contributed by atoms with Crippen LogP contribution < -0.4 is 9.80 Å². The molecule has 11 aromatic carbocycles. The number of hydrogen-bond acceptors (Lipinski definition) is 2. The first-order valence-corrected chi connectivity index (χ1v) is 23.3. The van der Waals surface area contributed by atoms with Crippen molar-refractivity contribution in [2.45, 2.75) is 17.8 Å². The summed E-state index contributed by atoms with van der Waals surface area (Å²) in [7, 11) is 0. The Hall–Kier alpha value is -8.62. The van der Waals surface area contributed by atoms with Crippen molar-refractivity contribution in [2.75, 3.05) is 9.80 Å². The number of halogens is 6. The minimum absolute atomic E-state index is 0.0325. The summed E-state index contributed by atoms with van der Waals surface area (Å²) in [5.41, 5.74) is 6.80. The zero-order valence-electron chi connectivity index (χ0n) is 37.6. The third-order valence-corrected chi connectivity index (χ3v) is 14.5. The maximum Gasteiger partial charge on any atom is 0.418 e. The van der Waals surface area contributed by atoms with Crippen molar-refractivity contribution in [3.63, 3.8) is 0 Å². The van der Waals surface area contributed by atoms with Crippen LogP contribution >= 0.6 is 0 Å². The molecule has 342 valence electrons. The number of rotatable bonds is 6. The molecular weight excluding hydrogens is 899 g/mol. The lowest BCUT2D eigenvalue weighted by atomic mass is 9.70. The van der Waals surface area contributed by atoms with Crippen molar-refractivity contribution >= 4 is 66.4 Å². The summed E-state index contributed by atoms with van der Waals surface area (Å²) in [4.78, 5) is 3.48. The highest BCUT2D eigenvalue weighted by atomic mass is 19.4. The molecule has 2 aliphatic carbocycles. The van der Waals surface area contributed by atoms with Crippen LogP contribution in [0.15, 0.2) is 231 Å². The lowest BCUT2D eigenvalue weighted by Crippen LogP contribution is -2.27. The van der Waals surface area contributed by atoms with E-state index in [4.69, 9.17) is 0 Å². The summed E-state index contributed by atoms with van der Waals surface area (Å²) in [6, 6.07) is 70.4. The van der Waals surface area contributed by atoms with Gasteiger partial charge in [0.15, 0.2) is 0 Å². The van der Waals surface area contributed by atoms with E-state index in [1.54, 1.807) is 21.9 Å². The second kappa shape index (κ2) is 15.7. The molecule has 11 aromatic rings. The summed E-state index contributed by atoms with van der Waals surface area (Å²) >= 11 is 0. The zero-order valence-corrected chi connectivity index (χ0v) is 37.6. The quantitative estimate of drug-likeness (QED) is 0.153. The molecule has 0 unspecified atom stereocenters. The van der Waals surface area contributed by atoms with Crippen LogP contribution in [0.2, 0.25) is 0 Å². The Morgan fingerprint density at radius 3 is 1.31 bits per heavy atom. The van der Waals surface area contributed by atoms with Gasteiger partial charge in [0, 0.05) is 21.8 Å². The molecule has 0 fully saturated rings. The van der Waals surface area contributed by atoms with E-state index in [0.717, 1.165) is 89.0 Å². The molecule has 2 nitrogen and oxygen atoms in total. The second-order valence-electron chi connectivity index (χ2n) is 18.1. The highest BCUT2D eigenvalue weighted by Crippen LogP contribution is 2.66. The summed E-state index contributed by atoms with van der Waals surface area (Å²) < 4.78 is 92.3. The normalized spacial score (nSPS) is 13.3. The Kier molecular flexibility index (Phi) is 9.39. The van der Waals surface area contributed by atoms with Gasteiger partial charge in [0.25, 0.3) is 0 Å². The minimum Gasteiger partial charge on any atom is -0.309 e. The number of para-hydroxylation sites is 2. The molecule has 0 aromatic heterocycles. The number of fused-ring (bicyclic) bond motifs is 14. The molecule has 0 aliphatic heterocycles. The third kappa shape index (κ3) is 6.30. The van der Waals surface area contributed by atoms with Crippen LogP contribution in [0, 0.1) is 0 Å². The number of anilines is 6. The largest absolute Gasteiger partial charge is 0.418 e. The zero-order chi connectivity index (χ0) is 48.2. The molecule has 1 spiro atoms. The van der Waals surface area contributed by atoms with Crippen LogP contribution in [-0.4, -0.2) is 0 Å². The van der Waals surface area contributed by atoms with Gasteiger partial charge in [-0.1, -0.05) is 176 Å².